The zero-order valence-corrected chi connectivity index (χ0v) is 10.1. The van der Waals surface area contributed by atoms with Crippen LogP contribution < -0.4 is 5.32 Å². The molecule has 92 valence electrons. The normalized spacial score (nSPS) is 17.4. The smallest absolute Gasteiger partial charge is 0.254 e. The van der Waals surface area contributed by atoms with Crippen molar-refractivity contribution in [3.05, 3.63) is 29.6 Å². The number of amides is 1. The molecule has 1 aliphatic rings. The minimum Gasteiger partial charge on any atom is -0.394 e. The van der Waals surface area contributed by atoms with Gasteiger partial charge < -0.3 is 10.4 Å². The maximum Gasteiger partial charge on any atom is 0.254 e. The topological polar surface area (TPSA) is 49.3 Å². The average molecular weight is 255 g/mol. The number of aliphatic hydroxyl groups excluding tert-OH is 1. The van der Waals surface area contributed by atoms with E-state index < -0.39 is 17.3 Å². The fourth-order valence-electron chi connectivity index (χ4n) is 1.92. The Morgan fingerprint density at radius 3 is 2.76 bits per heavy atom. The number of benzene rings is 1. The van der Waals surface area contributed by atoms with Crippen LogP contribution in [0.3, 0.4) is 0 Å². The molecule has 0 aliphatic heterocycles. The lowest BCUT2D eigenvalue weighted by Crippen LogP contribution is -2.56. The molecule has 0 bridgehead atoms. The molecule has 0 spiro atoms. The molecule has 2 N–H and O–H groups in total. The lowest BCUT2D eigenvalue weighted by molar-refractivity contribution is 0.0638. The Bertz CT molecular complexity index is 441. The predicted molar refractivity (Wildman–Crippen MR) is 64.8 cm³/mol. The molecule has 0 atom stereocenters. The summed E-state index contributed by atoms with van der Waals surface area (Å²) >= 11 is 4.07. The fourth-order valence-corrected chi connectivity index (χ4v) is 2.13. The van der Waals surface area contributed by atoms with Crippen LogP contribution in [0.2, 0.25) is 0 Å². The highest BCUT2D eigenvalue weighted by Gasteiger charge is 2.38. The van der Waals surface area contributed by atoms with Gasteiger partial charge in [-0.2, -0.15) is 0 Å². The molecule has 17 heavy (non-hydrogen) atoms. The van der Waals surface area contributed by atoms with Gasteiger partial charge in [-0.1, -0.05) is 0 Å². The second-order valence-corrected chi connectivity index (χ2v) is 4.93. The summed E-state index contributed by atoms with van der Waals surface area (Å²) in [5.74, 6) is -1.07. The number of halogens is 1. The van der Waals surface area contributed by atoms with E-state index in [4.69, 9.17) is 0 Å². The van der Waals surface area contributed by atoms with Gasteiger partial charge in [-0.05, 0) is 37.5 Å². The highest BCUT2D eigenvalue weighted by atomic mass is 32.1. The maximum absolute atomic E-state index is 13.5. The molecule has 1 amide bonds. The number of rotatable bonds is 3. The third-order valence-corrected chi connectivity index (χ3v) is 3.46. The van der Waals surface area contributed by atoms with Crippen LogP contribution in [0, 0.1) is 5.82 Å². The zero-order chi connectivity index (χ0) is 12.5. The third-order valence-electron chi connectivity index (χ3n) is 3.19. The van der Waals surface area contributed by atoms with Crippen LogP contribution in [0.25, 0.3) is 0 Å². The third kappa shape index (κ3) is 2.45. The van der Waals surface area contributed by atoms with Crippen LogP contribution in [0.1, 0.15) is 29.6 Å². The van der Waals surface area contributed by atoms with E-state index >= 15 is 0 Å². The van der Waals surface area contributed by atoms with Crippen molar-refractivity contribution in [2.24, 2.45) is 0 Å². The van der Waals surface area contributed by atoms with E-state index in [2.05, 4.69) is 17.9 Å². The van der Waals surface area contributed by atoms with Gasteiger partial charge >= 0.3 is 0 Å². The maximum atomic E-state index is 13.5. The molecule has 1 aromatic rings. The quantitative estimate of drug-likeness (QED) is 0.721. The van der Waals surface area contributed by atoms with Crippen molar-refractivity contribution in [3.63, 3.8) is 0 Å². The van der Waals surface area contributed by atoms with Gasteiger partial charge in [-0.25, -0.2) is 4.39 Å². The van der Waals surface area contributed by atoms with Gasteiger partial charge in [0.2, 0.25) is 0 Å². The van der Waals surface area contributed by atoms with Gasteiger partial charge in [0.05, 0.1) is 17.7 Å². The first-order chi connectivity index (χ1) is 8.06. The summed E-state index contributed by atoms with van der Waals surface area (Å²) in [5, 5.41) is 11.9. The minimum absolute atomic E-state index is 0.0303. The number of nitrogens with one attached hydrogen (secondary N) is 1. The highest BCUT2D eigenvalue weighted by Crippen LogP contribution is 2.31. The Kier molecular flexibility index (Phi) is 3.40. The Morgan fingerprint density at radius 1 is 1.53 bits per heavy atom. The molecular weight excluding hydrogens is 241 g/mol. The second kappa shape index (κ2) is 4.66. The minimum atomic E-state index is -0.576. The average Bonchev–Trinajstić information content (AvgIpc) is 2.26. The molecule has 3 nitrogen and oxygen atoms in total. The summed E-state index contributed by atoms with van der Waals surface area (Å²) in [5.41, 5.74) is -0.590. The van der Waals surface area contributed by atoms with Gasteiger partial charge in [0.1, 0.15) is 5.82 Å². The van der Waals surface area contributed by atoms with Crippen LogP contribution in [-0.4, -0.2) is 23.2 Å². The number of thiol groups is 1. The van der Waals surface area contributed by atoms with Crippen molar-refractivity contribution in [2.75, 3.05) is 6.61 Å². The van der Waals surface area contributed by atoms with E-state index in [-0.39, 0.29) is 12.2 Å². The number of aliphatic hydroxyl groups is 1. The van der Waals surface area contributed by atoms with Crippen LogP contribution in [0.15, 0.2) is 23.1 Å². The number of carbonyl (C=O) groups excluding carboxylic acids is 1. The molecule has 2 rings (SSSR count). The summed E-state index contributed by atoms with van der Waals surface area (Å²) in [6, 6.07) is 4.08. The second-order valence-electron chi connectivity index (χ2n) is 4.41. The summed E-state index contributed by atoms with van der Waals surface area (Å²) in [6.45, 7) is -0.110. The highest BCUT2D eigenvalue weighted by molar-refractivity contribution is 7.80. The van der Waals surface area contributed by atoms with E-state index in [0.29, 0.717) is 4.90 Å². The summed E-state index contributed by atoms with van der Waals surface area (Å²) in [4.78, 5) is 12.4. The SMILES string of the molecule is O=C(NC1(CO)CCC1)c1cc(S)ccc1F. The van der Waals surface area contributed by atoms with E-state index in [1.54, 1.807) is 0 Å². The monoisotopic (exact) mass is 255 g/mol. The van der Waals surface area contributed by atoms with Gasteiger partial charge in [-0.15, -0.1) is 12.6 Å². The van der Waals surface area contributed by atoms with Crippen molar-refractivity contribution < 1.29 is 14.3 Å². The molecule has 5 heteroatoms. The lowest BCUT2D eigenvalue weighted by Gasteiger charge is -2.40. The first kappa shape index (κ1) is 12.4. The zero-order valence-electron chi connectivity index (χ0n) is 9.24. The van der Waals surface area contributed by atoms with Gasteiger partial charge in [0.25, 0.3) is 5.91 Å². The number of hydrogen-bond donors (Lipinski definition) is 3. The summed E-state index contributed by atoms with van der Waals surface area (Å²) in [7, 11) is 0. The first-order valence-corrected chi connectivity index (χ1v) is 5.93. The summed E-state index contributed by atoms with van der Waals surface area (Å²) in [6.07, 6.45) is 2.44. The van der Waals surface area contributed by atoms with E-state index in [9.17, 15) is 14.3 Å². The molecule has 0 unspecified atom stereocenters. The van der Waals surface area contributed by atoms with Crippen LogP contribution in [0.5, 0.6) is 0 Å². The molecule has 0 radical (unpaired) electrons. The Labute approximate surface area is 104 Å². The van der Waals surface area contributed by atoms with Crippen LogP contribution >= 0.6 is 12.6 Å². The van der Waals surface area contributed by atoms with E-state index in [0.717, 1.165) is 19.3 Å². The standard InChI is InChI=1S/C12H14FNO2S/c13-10-3-2-8(17)6-9(10)11(16)14-12(7-15)4-1-5-12/h2-3,6,15,17H,1,4-5,7H2,(H,14,16). The van der Waals surface area contributed by atoms with Crippen LogP contribution in [0.4, 0.5) is 4.39 Å². The molecular formula is C12H14FNO2S. The molecule has 1 fully saturated rings. The predicted octanol–water partition coefficient (Wildman–Crippen LogP) is 1.76. The fraction of sp³-hybridized carbons (Fsp3) is 0.417. The van der Waals surface area contributed by atoms with Crippen molar-refractivity contribution in [2.45, 2.75) is 29.7 Å². The molecule has 1 aromatic carbocycles. The number of carbonyl (C=O) groups is 1. The largest absolute Gasteiger partial charge is 0.394 e. The van der Waals surface area contributed by atoms with Crippen molar-refractivity contribution in [3.8, 4) is 0 Å². The van der Waals surface area contributed by atoms with Gasteiger partial charge in [0, 0.05) is 4.90 Å². The number of hydrogen-bond acceptors (Lipinski definition) is 3. The molecule has 1 aliphatic carbocycles. The van der Waals surface area contributed by atoms with Crippen molar-refractivity contribution in [1.82, 2.24) is 5.32 Å². The molecule has 1 saturated carbocycles. The lowest BCUT2D eigenvalue weighted by atomic mass is 9.77. The van der Waals surface area contributed by atoms with Gasteiger partial charge in [0.15, 0.2) is 0 Å². The van der Waals surface area contributed by atoms with Crippen molar-refractivity contribution >= 4 is 18.5 Å². The Morgan fingerprint density at radius 2 is 2.24 bits per heavy atom. The van der Waals surface area contributed by atoms with Gasteiger partial charge in [-0.3, -0.25) is 4.79 Å². The first-order valence-electron chi connectivity index (χ1n) is 5.48. The summed E-state index contributed by atoms with van der Waals surface area (Å²) < 4.78 is 13.5. The molecule has 0 saturated heterocycles. The van der Waals surface area contributed by atoms with Crippen molar-refractivity contribution in [1.29, 1.82) is 0 Å². The van der Waals surface area contributed by atoms with Crippen LogP contribution in [-0.2, 0) is 0 Å². The van der Waals surface area contributed by atoms with E-state index in [1.165, 1.54) is 18.2 Å². The molecule has 0 heterocycles. The van der Waals surface area contributed by atoms with E-state index in [1.807, 2.05) is 0 Å². The Hall–Kier alpha value is -1.07. The Balaban J connectivity index is 2.17. The molecule has 0 aromatic heterocycles.